The lowest BCUT2D eigenvalue weighted by Gasteiger charge is -2.45. The van der Waals surface area contributed by atoms with Gasteiger partial charge in [0.05, 0.1) is 11.3 Å². The number of hydrogen-bond donors (Lipinski definition) is 2. The SMILES string of the molecule is CC1=C(I)OC2(C[C@]3(O)CC23)C(=O)N1. The van der Waals surface area contributed by atoms with Crippen LogP contribution in [0.3, 0.4) is 0 Å². The van der Waals surface area contributed by atoms with Crippen LogP contribution >= 0.6 is 22.6 Å². The number of fused-ring (bicyclic) bond motifs is 2. The van der Waals surface area contributed by atoms with Gasteiger partial charge in [-0.2, -0.15) is 0 Å². The molecule has 1 heterocycles. The number of amides is 1. The van der Waals surface area contributed by atoms with Gasteiger partial charge in [-0.15, -0.1) is 0 Å². The minimum atomic E-state index is -0.759. The number of ether oxygens (including phenoxy) is 1. The Morgan fingerprint density at radius 3 is 2.93 bits per heavy atom. The van der Waals surface area contributed by atoms with Crippen molar-refractivity contribution in [1.82, 2.24) is 5.32 Å². The van der Waals surface area contributed by atoms with Gasteiger partial charge in [-0.1, -0.05) is 0 Å². The second-order valence-electron chi connectivity index (χ2n) is 4.38. The van der Waals surface area contributed by atoms with Crippen molar-refractivity contribution in [3.8, 4) is 0 Å². The molecule has 0 aromatic heterocycles. The molecule has 3 aliphatic rings. The number of hydrogen-bond acceptors (Lipinski definition) is 3. The molecule has 2 N–H and O–H groups in total. The summed E-state index contributed by atoms with van der Waals surface area (Å²) in [6.45, 7) is 1.81. The summed E-state index contributed by atoms with van der Waals surface area (Å²) < 4.78 is 6.38. The Morgan fingerprint density at radius 1 is 1.71 bits per heavy atom. The highest BCUT2D eigenvalue weighted by atomic mass is 127. The van der Waals surface area contributed by atoms with Gasteiger partial charge in [-0.3, -0.25) is 4.79 Å². The molecule has 2 saturated carbocycles. The summed E-state index contributed by atoms with van der Waals surface area (Å²) in [7, 11) is 0. The molecule has 1 aliphatic heterocycles. The van der Waals surface area contributed by atoms with Crippen molar-refractivity contribution in [3.05, 3.63) is 9.46 Å². The van der Waals surface area contributed by atoms with Crippen LogP contribution in [0.2, 0.25) is 0 Å². The summed E-state index contributed by atoms with van der Waals surface area (Å²) >= 11 is 2.07. The molecule has 3 rings (SSSR count). The second-order valence-corrected chi connectivity index (χ2v) is 5.36. The fraction of sp³-hybridized carbons (Fsp3) is 0.667. The van der Waals surface area contributed by atoms with Crippen LogP contribution in [-0.4, -0.2) is 22.2 Å². The van der Waals surface area contributed by atoms with E-state index in [4.69, 9.17) is 4.74 Å². The summed E-state index contributed by atoms with van der Waals surface area (Å²) in [5.74, 6) is -0.0875. The summed E-state index contributed by atoms with van der Waals surface area (Å²) in [5.41, 5.74) is -0.595. The molecule has 14 heavy (non-hydrogen) atoms. The Morgan fingerprint density at radius 2 is 2.43 bits per heavy atom. The fourth-order valence-corrected chi connectivity index (χ4v) is 3.02. The highest BCUT2D eigenvalue weighted by Crippen LogP contribution is 2.68. The van der Waals surface area contributed by atoms with Crippen molar-refractivity contribution in [2.75, 3.05) is 0 Å². The van der Waals surface area contributed by atoms with E-state index in [9.17, 15) is 9.90 Å². The number of aliphatic hydroxyl groups is 1. The van der Waals surface area contributed by atoms with Gasteiger partial charge in [-0.25, -0.2) is 0 Å². The van der Waals surface area contributed by atoms with E-state index in [1.807, 2.05) is 6.92 Å². The quantitative estimate of drug-likeness (QED) is 0.646. The van der Waals surface area contributed by atoms with Crippen LogP contribution in [0.5, 0.6) is 0 Å². The predicted molar refractivity (Wildman–Crippen MR) is 56.4 cm³/mol. The van der Waals surface area contributed by atoms with Crippen molar-refractivity contribution in [1.29, 1.82) is 0 Å². The Hall–Kier alpha value is -0.300. The molecule has 2 unspecified atom stereocenters. The molecule has 2 aliphatic carbocycles. The first-order chi connectivity index (χ1) is 6.48. The van der Waals surface area contributed by atoms with E-state index in [-0.39, 0.29) is 11.8 Å². The van der Waals surface area contributed by atoms with Gasteiger partial charge in [0.15, 0.2) is 9.37 Å². The van der Waals surface area contributed by atoms with Crippen molar-refractivity contribution in [2.45, 2.75) is 31.0 Å². The average molecular weight is 307 g/mol. The van der Waals surface area contributed by atoms with Crippen LogP contribution in [0.4, 0.5) is 0 Å². The summed E-state index contributed by atoms with van der Waals surface area (Å²) in [6, 6.07) is 0. The van der Waals surface area contributed by atoms with E-state index >= 15 is 0 Å². The molecular weight excluding hydrogens is 297 g/mol. The van der Waals surface area contributed by atoms with Gasteiger partial charge in [0.2, 0.25) is 0 Å². The largest absolute Gasteiger partial charge is 0.469 e. The van der Waals surface area contributed by atoms with E-state index in [1.54, 1.807) is 0 Å². The third-order valence-corrected chi connectivity index (χ3v) is 4.46. The number of nitrogens with one attached hydrogen (secondary N) is 1. The first-order valence-electron chi connectivity index (χ1n) is 4.57. The lowest BCUT2D eigenvalue weighted by molar-refractivity contribution is -0.171. The predicted octanol–water partition coefficient (Wildman–Crippen LogP) is 0.650. The van der Waals surface area contributed by atoms with E-state index in [0.717, 1.165) is 9.46 Å². The van der Waals surface area contributed by atoms with Gasteiger partial charge in [0.1, 0.15) is 0 Å². The third kappa shape index (κ3) is 0.850. The Kier molecular flexibility index (Phi) is 1.45. The van der Waals surface area contributed by atoms with Crippen LogP contribution in [0.1, 0.15) is 19.8 Å². The van der Waals surface area contributed by atoms with Crippen LogP contribution < -0.4 is 5.32 Å². The maximum absolute atomic E-state index is 11.7. The maximum atomic E-state index is 11.7. The lowest BCUT2D eigenvalue weighted by atomic mass is 9.76. The van der Waals surface area contributed by atoms with Crippen molar-refractivity contribution in [2.24, 2.45) is 5.92 Å². The number of allylic oxidation sites excluding steroid dienone is 1. The van der Waals surface area contributed by atoms with E-state index in [0.29, 0.717) is 12.8 Å². The van der Waals surface area contributed by atoms with Crippen molar-refractivity contribution < 1.29 is 14.6 Å². The van der Waals surface area contributed by atoms with Crippen LogP contribution in [-0.2, 0) is 9.53 Å². The molecule has 1 spiro atoms. The molecule has 3 atom stereocenters. The van der Waals surface area contributed by atoms with Gasteiger partial charge in [-0.05, 0) is 13.3 Å². The molecule has 0 aromatic carbocycles. The normalized spacial score (nSPS) is 49.4. The Balaban J connectivity index is 1.94. The third-order valence-electron chi connectivity index (χ3n) is 3.43. The minimum Gasteiger partial charge on any atom is -0.469 e. The molecule has 1 amide bonds. The monoisotopic (exact) mass is 307 g/mol. The number of carbonyl (C=O) groups excluding carboxylic acids is 1. The van der Waals surface area contributed by atoms with E-state index in [1.165, 1.54) is 0 Å². The van der Waals surface area contributed by atoms with Crippen LogP contribution in [0, 0.1) is 5.92 Å². The maximum Gasteiger partial charge on any atom is 0.268 e. The molecule has 2 fully saturated rings. The molecule has 0 saturated heterocycles. The highest BCUT2D eigenvalue weighted by Gasteiger charge is 2.80. The summed E-state index contributed by atoms with van der Waals surface area (Å²) in [5, 5.41) is 12.5. The zero-order valence-corrected chi connectivity index (χ0v) is 9.79. The zero-order valence-electron chi connectivity index (χ0n) is 7.63. The minimum absolute atomic E-state index is 0.00728. The van der Waals surface area contributed by atoms with Gasteiger partial charge >= 0.3 is 0 Å². The molecule has 4 nitrogen and oxygen atoms in total. The van der Waals surface area contributed by atoms with E-state index < -0.39 is 11.2 Å². The van der Waals surface area contributed by atoms with Gasteiger partial charge in [0, 0.05) is 34.9 Å². The number of rotatable bonds is 0. The molecule has 76 valence electrons. The fourth-order valence-electron chi connectivity index (χ4n) is 2.49. The Bertz CT molecular complexity index is 380. The van der Waals surface area contributed by atoms with Crippen LogP contribution in [0.25, 0.3) is 0 Å². The highest BCUT2D eigenvalue weighted by molar-refractivity contribution is 14.1. The topological polar surface area (TPSA) is 58.6 Å². The Labute approximate surface area is 94.8 Å². The summed E-state index contributed by atoms with van der Waals surface area (Å²) in [6.07, 6.45) is 1.14. The zero-order chi connectivity index (χ0) is 10.1. The van der Waals surface area contributed by atoms with Crippen molar-refractivity contribution in [3.63, 3.8) is 0 Å². The molecule has 5 heteroatoms. The smallest absolute Gasteiger partial charge is 0.268 e. The van der Waals surface area contributed by atoms with Crippen molar-refractivity contribution >= 4 is 28.5 Å². The number of carbonyl (C=O) groups is 1. The standard InChI is InChI=1S/C9H10INO3/c1-4-6(10)14-9(7(12)11-4)3-8(13)2-5(8)9/h5,13H,2-3H2,1H3,(H,11,12)/t5?,8-,9?/m1/s1. The van der Waals surface area contributed by atoms with Crippen LogP contribution in [0.15, 0.2) is 9.46 Å². The van der Waals surface area contributed by atoms with Gasteiger partial charge < -0.3 is 15.2 Å². The molecule has 0 aromatic rings. The first kappa shape index (κ1) is 8.96. The summed E-state index contributed by atoms with van der Waals surface area (Å²) in [4.78, 5) is 11.7. The number of halogens is 1. The second kappa shape index (κ2) is 2.27. The lowest BCUT2D eigenvalue weighted by Crippen LogP contribution is -2.62. The average Bonchev–Trinajstić information content (AvgIpc) is 2.65. The molecule has 0 bridgehead atoms. The molecular formula is C9H10INO3. The van der Waals surface area contributed by atoms with Gasteiger partial charge in [0.25, 0.3) is 5.91 Å². The first-order valence-corrected chi connectivity index (χ1v) is 5.65. The molecule has 0 radical (unpaired) electrons. The van der Waals surface area contributed by atoms with E-state index in [2.05, 4.69) is 27.9 Å².